The van der Waals surface area contributed by atoms with E-state index in [0.717, 1.165) is 38.9 Å². The first-order valence-corrected chi connectivity index (χ1v) is 7.78. The molecule has 0 aromatic heterocycles. The van der Waals surface area contributed by atoms with Gasteiger partial charge >= 0.3 is 11.9 Å². The van der Waals surface area contributed by atoms with Crippen LogP contribution in [0.15, 0.2) is 0 Å². The van der Waals surface area contributed by atoms with Crippen molar-refractivity contribution in [1.82, 2.24) is 0 Å². The number of rotatable bonds is 8. The third-order valence-corrected chi connectivity index (χ3v) is 3.67. The van der Waals surface area contributed by atoms with E-state index in [-0.39, 0.29) is 37.0 Å². The predicted molar refractivity (Wildman–Crippen MR) is 73.7 cm³/mol. The summed E-state index contributed by atoms with van der Waals surface area (Å²) in [5.41, 5.74) is 0. The van der Waals surface area contributed by atoms with Crippen molar-refractivity contribution in [2.45, 2.75) is 57.2 Å². The summed E-state index contributed by atoms with van der Waals surface area (Å²) < 4.78 is 21.0. The van der Waals surface area contributed by atoms with Gasteiger partial charge in [0.25, 0.3) is 0 Å². The first-order chi connectivity index (χ1) is 10.2. The van der Waals surface area contributed by atoms with Gasteiger partial charge in [0.05, 0.1) is 12.2 Å². The molecule has 2 saturated heterocycles. The largest absolute Gasteiger partial charge is 0.463 e. The summed E-state index contributed by atoms with van der Waals surface area (Å²) in [6, 6.07) is 0. The molecule has 2 heterocycles. The van der Waals surface area contributed by atoms with E-state index in [1.54, 1.807) is 0 Å². The zero-order valence-electron chi connectivity index (χ0n) is 12.4. The molecule has 0 aromatic rings. The van der Waals surface area contributed by atoms with E-state index in [1.165, 1.54) is 0 Å². The van der Waals surface area contributed by atoms with Gasteiger partial charge in [0.2, 0.25) is 0 Å². The maximum atomic E-state index is 11.5. The highest BCUT2D eigenvalue weighted by atomic mass is 16.6. The van der Waals surface area contributed by atoms with E-state index >= 15 is 0 Å². The Morgan fingerprint density at radius 1 is 0.857 bits per heavy atom. The second kappa shape index (κ2) is 9.00. The predicted octanol–water partition coefficient (Wildman–Crippen LogP) is 1.60. The molecule has 0 bridgehead atoms. The number of hydrogen-bond donors (Lipinski definition) is 0. The highest BCUT2D eigenvalue weighted by Gasteiger charge is 2.19. The zero-order chi connectivity index (χ0) is 14.9. The third-order valence-electron chi connectivity index (χ3n) is 3.67. The van der Waals surface area contributed by atoms with Gasteiger partial charge in [-0.3, -0.25) is 9.59 Å². The molecule has 0 amide bonds. The average Bonchev–Trinajstić information content (AvgIpc) is 3.16. The quantitative estimate of drug-likeness (QED) is 0.634. The Hall–Kier alpha value is -1.14. The lowest BCUT2D eigenvalue weighted by Gasteiger charge is -2.11. The molecule has 21 heavy (non-hydrogen) atoms. The van der Waals surface area contributed by atoms with Crippen molar-refractivity contribution in [3.8, 4) is 0 Å². The first kappa shape index (κ1) is 16.2. The summed E-state index contributed by atoms with van der Waals surface area (Å²) in [4.78, 5) is 23.0. The minimum atomic E-state index is -0.280. The fourth-order valence-electron chi connectivity index (χ4n) is 2.44. The van der Waals surface area contributed by atoms with Crippen molar-refractivity contribution in [3.05, 3.63) is 0 Å². The Kier molecular flexibility index (Phi) is 6.95. The third kappa shape index (κ3) is 6.44. The number of ether oxygens (including phenoxy) is 4. The van der Waals surface area contributed by atoms with Crippen LogP contribution in [0, 0.1) is 0 Å². The summed E-state index contributed by atoms with van der Waals surface area (Å²) in [6.45, 7) is 2.14. The Balaban J connectivity index is 1.45. The summed E-state index contributed by atoms with van der Waals surface area (Å²) in [5, 5.41) is 0. The van der Waals surface area contributed by atoms with Crippen LogP contribution in [-0.2, 0) is 28.5 Å². The van der Waals surface area contributed by atoms with E-state index < -0.39 is 0 Å². The van der Waals surface area contributed by atoms with Crippen LogP contribution in [0.25, 0.3) is 0 Å². The summed E-state index contributed by atoms with van der Waals surface area (Å²) in [5.74, 6) is -0.560. The molecule has 0 saturated carbocycles. The molecule has 2 rings (SSSR count). The van der Waals surface area contributed by atoms with Gasteiger partial charge in [0.15, 0.2) is 0 Å². The van der Waals surface area contributed by atoms with Gasteiger partial charge in [0, 0.05) is 26.1 Å². The number of carbonyl (C=O) groups excluding carboxylic acids is 2. The van der Waals surface area contributed by atoms with E-state index in [4.69, 9.17) is 18.9 Å². The van der Waals surface area contributed by atoms with Crippen LogP contribution in [0.3, 0.4) is 0 Å². The Labute approximate surface area is 125 Å². The van der Waals surface area contributed by atoms with Crippen LogP contribution >= 0.6 is 0 Å². The highest BCUT2D eigenvalue weighted by molar-refractivity contribution is 5.72. The van der Waals surface area contributed by atoms with Crippen LogP contribution in [0.1, 0.15) is 44.9 Å². The highest BCUT2D eigenvalue weighted by Crippen LogP contribution is 2.13. The number of hydrogen-bond acceptors (Lipinski definition) is 6. The van der Waals surface area contributed by atoms with Gasteiger partial charge in [-0.05, 0) is 32.1 Å². The van der Waals surface area contributed by atoms with Gasteiger partial charge < -0.3 is 18.9 Å². The molecule has 2 fully saturated rings. The Morgan fingerprint density at radius 3 is 1.71 bits per heavy atom. The van der Waals surface area contributed by atoms with E-state index in [2.05, 4.69) is 0 Å². The van der Waals surface area contributed by atoms with Gasteiger partial charge in [-0.15, -0.1) is 0 Å². The standard InChI is InChI=1S/C15H24O6/c16-14(20-10-12-4-2-8-18-12)6-1-7-15(17)21-11-13-5-3-9-19-13/h12-13H,1-11H2/t12-,13-/m0/s1. The molecule has 0 unspecified atom stereocenters. The van der Waals surface area contributed by atoms with Crippen molar-refractivity contribution >= 4 is 11.9 Å². The number of carbonyl (C=O) groups is 2. The Bertz CT molecular complexity index is 299. The first-order valence-electron chi connectivity index (χ1n) is 7.78. The van der Waals surface area contributed by atoms with Crippen LogP contribution in [0.5, 0.6) is 0 Å². The molecule has 6 heteroatoms. The summed E-state index contributed by atoms with van der Waals surface area (Å²) in [7, 11) is 0. The van der Waals surface area contributed by atoms with Crippen LogP contribution in [0.2, 0.25) is 0 Å². The van der Waals surface area contributed by atoms with Crippen molar-refractivity contribution in [3.63, 3.8) is 0 Å². The van der Waals surface area contributed by atoms with Crippen molar-refractivity contribution in [2.75, 3.05) is 26.4 Å². The maximum absolute atomic E-state index is 11.5. The molecule has 2 aliphatic heterocycles. The molecule has 0 N–H and O–H groups in total. The molecule has 2 aliphatic rings. The van der Waals surface area contributed by atoms with Gasteiger partial charge in [-0.25, -0.2) is 0 Å². The lowest BCUT2D eigenvalue weighted by atomic mass is 10.2. The summed E-state index contributed by atoms with van der Waals surface area (Å²) >= 11 is 0. The topological polar surface area (TPSA) is 71.1 Å². The molecular weight excluding hydrogens is 276 g/mol. The average molecular weight is 300 g/mol. The van der Waals surface area contributed by atoms with Crippen molar-refractivity contribution in [2.24, 2.45) is 0 Å². The van der Waals surface area contributed by atoms with Gasteiger partial charge in [0.1, 0.15) is 13.2 Å². The van der Waals surface area contributed by atoms with Gasteiger partial charge in [-0.2, -0.15) is 0 Å². The monoisotopic (exact) mass is 300 g/mol. The fraction of sp³-hybridized carbons (Fsp3) is 0.867. The van der Waals surface area contributed by atoms with E-state index in [9.17, 15) is 9.59 Å². The molecule has 6 nitrogen and oxygen atoms in total. The Morgan fingerprint density at radius 2 is 1.33 bits per heavy atom. The van der Waals surface area contributed by atoms with Crippen LogP contribution in [-0.4, -0.2) is 50.6 Å². The number of esters is 2. The molecule has 120 valence electrons. The molecular formula is C15H24O6. The second-order valence-corrected chi connectivity index (χ2v) is 5.49. The lowest BCUT2D eigenvalue weighted by Crippen LogP contribution is -2.19. The molecule has 2 atom stereocenters. The second-order valence-electron chi connectivity index (χ2n) is 5.49. The smallest absolute Gasteiger partial charge is 0.305 e. The molecule has 0 aliphatic carbocycles. The normalized spacial score (nSPS) is 25.0. The molecule has 0 spiro atoms. The van der Waals surface area contributed by atoms with Gasteiger partial charge in [-0.1, -0.05) is 0 Å². The minimum Gasteiger partial charge on any atom is -0.463 e. The van der Waals surface area contributed by atoms with E-state index in [0.29, 0.717) is 19.6 Å². The summed E-state index contributed by atoms with van der Waals surface area (Å²) in [6.07, 6.45) is 4.97. The SMILES string of the molecule is O=C(CCCC(=O)OC[C@@H]1CCCO1)OC[C@@H]1CCCO1. The fourth-order valence-corrected chi connectivity index (χ4v) is 2.44. The minimum absolute atomic E-state index is 0.0466. The van der Waals surface area contributed by atoms with Crippen LogP contribution < -0.4 is 0 Å². The lowest BCUT2D eigenvalue weighted by molar-refractivity contribution is -0.148. The van der Waals surface area contributed by atoms with Crippen LogP contribution in [0.4, 0.5) is 0 Å². The van der Waals surface area contributed by atoms with Crippen molar-refractivity contribution in [1.29, 1.82) is 0 Å². The molecule has 0 radical (unpaired) electrons. The van der Waals surface area contributed by atoms with Crippen molar-refractivity contribution < 1.29 is 28.5 Å². The molecule has 0 aromatic carbocycles. The maximum Gasteiger partial charge on any atom is 0.305 e. The zero-order valence-corrected chi connectivity index (χ0v) is 12.4. The van der Waals surface area contributed by atoms with E-state index in [1.807, 2.05) is 0 Å².